The van der Waals surface area contributed by atoms with E-state index in [1.165, 1.54) is 17.8 Å². The lowest BCUT2D eigenvalue weighted by Gasteiger charge is -2.39. The number of rotatable bonds is 6. The highest BCUT2D eigenvalue weighted by Gasteiger charge is 2.31. The van der Waals surface area contributed by atoms with Crippen LogP contribution in [-0.2, 0) is 0 Å². The number of hydrogen-bond donors (Lipinski definition) is 1. The van der Waals surface area contributed by atoms with Crippen LogP contribution in [0.4, 0.5) is 5.69 Å². The largest absolute Gasteiger partial charge is 0.368 e. The standard InChI is InChI=1S/C20H24Cl2N4OS/c21-16-2-1-3-17(18(16)22)26-9-7-25(8-10-26)6-4-14-12-15(13-14)24-19(27)20-23-5-11-28-20/h1-3,5,11,14-15H,4,6-10,12-13H2,(H,24,27)/t14-,15-. The first kappa shape index (κ1) is 20.0. The zero-order chi connectivity index (χ0) is 19.5. The van der Waals surface area contributed by atoms with Crippen molar-refractivity contribution in [3.8, 4) is 0 Å². The molecular weight excluding hydrogens is 415 g/mol. The minimum atomic E-state index is -0.0331. The van der Waals surface area contributed by atoms with Gasteiger partial charge in [-0.3, -0.25) is 9.69 Å². The summed E-state index contributed by atoms with van der Waals surface area (Å²) in [6, 6.07) is 6.13. The van der Waals surface area contributed by atoms with Gasteiger partial charge in [-0.1, -0.05) is 29.3 Å². The highest BCUT2D eigenvalue weighted by atomic mass is 35.5. The third-order valence-corrected chi connectivity index (χ3v) is 7.28. The van der Waals surface area contributed by atoms with Crippen molar-refractivity contribution >= 4 is 46.1 Å². The maximum atomic E-state index is 12.0. The quantitative estimate of drug-likeness (QED) is 0.734. The molecule has 0 spiro atoms. The number of amides is 1. The highest BCUT2D eigenvalue weighted by Crippen LogP contribution is 2.33. The van der Waals surface area contributed by atoms with E-state index in [0.29, 0.717) is 27.0 Å². The van der Waals surface area contributed by atoms with Gasteiger partial charge >= 0.3 is 0 Å². The normalized spacial score (nSPS) is 22.7. The molecular formula is C20H24Cl2N4OS. The number of carbonyl (C=O) groups is 1. The van der Waals surface area contributed by atoms with Crippen LogP contribution >= 0.6 is 34.5 Å². The molecule has 1 aromatic carbocycles. The number of anilines is 1. The first-order chi connectivity index (χ1) is 13.6. The molecule has 2 heterocycles. The molecule has 1 amide bonds. The molecule has 1 saturated carbocycles. The van der Waals surface area contributed by atoms with Gasteiger partial charge in [0.2, 0.25) is 0 Å². The summed E-state index contributed by atoms with van der Waals surface area (Å²) < 4.78 is 0. The van der Waals surface area contributed by atoms with E-state index in [9.17, 15) is 4.79 Å². The van der Waals surface area contributed by atoms with Gasteiger partial charge in [0.15, 0.2) is 5.01 Å². The fraction of sp³-hybridized carbons (Fsp3) is 0.500. The van der Waals surface area contributed by atoms with E-state index in [0.717, 1.165) is 51.3 Å². The maximum Gasteiger partial charge on any atom is 0.280 e. The average Bonchev–Trinajstić information content (AvgIpc) is 3.21. The molecule has 28 heavy (non-hydrogen) atoms. The maximum absolute atomic E-state index is 12.0. The fourth-order valence-electron chi connectivity index (χ4n) is 3.99. The zero-order valence-corrected chi connectivity index (χ0v) is 17.9. The molecule has 150 valence electrons. The van der Waals surface area contributed by atoms with E-state index in [1.54, 1.807) is 6.20 Å². The van der Waals surface area contributed by atoms with Gasteiger partial charge in [0.1, 0.15) is 0 Å². The summed E-state index contributed by atoms with van der Waals surface area (Å²) in [5.74, 6) is 0.677. The van der Waals surface area contributed by atoms with Crippen molar-refractivity contribution in [3.05, 3.63) is 44.8 Å². The van der Waals surface area contributed by atoms with Crippen LogP contribution < -0.4 is 10.2 Å². The first-order valence-corrected chi connectivity index (χ1v) is 11.4. The number of aromatic nitrogens is 1. The number of halogens is 2. The Labute approximate surface area is 179 Å². The molecule has 1 N–H and O–H groups in total. The van der Waals surface area contributed by atoms with Gasteiger partial charge in [0, 0.05) is 43.8 Å². The van der Waals surface area contributed by atoms with Gasteiger partial charge in [-0.2, -0.15) is 0 Å². The predicted molar refractivity (Wildman–Crippen MR) is 116 cm³/mol. The Morgan fingerprint density at radius 3 is 2.71 bits per heavy atom. The van der Waals surface area contributed by atoms with Gasteiger partial charge in [-0.15, -0.1) is 11.3 Å². The second-order valence-corrected chi connectivity index (χ2v) is 9.22. The van der Waals surface area contributed by atoms with Crippen molar-refractivity contribution in [1.29, 1.82) is 0 Å². The Hall–Kier alpha value is -1.34. The van der Waals surface area contributed by atoms with Crippen molar-refractivity contribution in [2.24, 2.45) is 5.92 Å². The Balaban J connectivity index is 1.15. The average molecular weight is 439 g/mol. The summed E-state index contributed by atoms with van der Waals surface area (Å²) in [5.41, 5.74) is 1.03. The number of piperazine rings is 1. The molecule has 2 aliphatic rings. The van der Waals surface area contributed by atoms with Crippen LogP contribution in [0.2, 0.25) is 10.0 Å². The molecule has 0 bridgehead atoms. The van der Waals surface area contributed by atoms with Gasteiger partial charge in [-0.25, -0.2) is 4.98 Å². The first-order valence-electron chi connectivity index (χ1n) is 9.72. The summed E-state index contributed by atoms with van der Waals surface area (Å²) in [7, 11) is 0. The monoisotopic (exact) mass is 438 g/mol. The molecule has 1 aromatic heterocycles. The third-order valence-electron chi connectivity index (χ3n) is 5.70. The van der Waals surface area contributed by atoms with E-state index in [1.807, 2.05) is 23.6 Å². The number of benzene rings is 1. The zero-order valence-electron chi connectivity index (χ0n) is 15.6. The van der Waals surface area contributed by atoms with E-state index in [2.05, 4.69) is 20.1 Å². The van der Waals surface area contributed by atoms with E-state index in [-0.39, 0.29) is 5.91 Å². The van der Waals surface area contributed by atoms with Gasteiger partial charge < -0.3 is 10.2 Å². The summed E-state index contributed by atoms with van der Waals surface area (Å²) in [6.07, 6.45) is 5.02. The number of nitrogens with one attached hydrogen (secondary N) is 1. The number of carbonyl (C=O) groups excluding carboxylic acids is 1. The smallest absolute Gasteiger partial charge is 0.280 e. The molecule has 2 aromatic rings. The summed E-state index contributed by atoms with van der Waals surface area (Å²) in [5, 5.41) is 6.74. The Morgan fingerprint density at radius 2 is 2.00 bits per heavy atom. The molecule has 1 saturated heterocycles. The van der Waals surface area contributed by atoms with Crippen LogP contribution in [-0.4, -0.2) is 54.6 Å². The van der Waals surface area contributed by atoms with Crippen LogP contribution in [0.3, 0.4) is 0 Å². The van der Waals surface area contributed by atoms with Crippen molar-refractivity contribution in [2.75, 3.05) is 37.6 Å². The highest BCUT2D eigenvalue weighted by molar-refractivity contribution is 7.11. The number of thiazole rings is 1. The SMILES string of the molecule is O=C(N[C@H]1C[C@H](CCN2CCN(c3cccc(Cl)c3Cl)CC2)C1)c1nccs1. The Bertz CT molecular complexity index is 803. The molecule has 4 rings (SSSR count). The Kier molecular flexibility index (Phi) is 6.41. The lowest BCUT2D eigenvalue weighted by molar-refractivity contribution is 0.0877. The predicted octanol–water partition coefficient (Wildman–Crippen LogP) is 4.17. The topological polar surface area (TPSA) is 48.5 Å². The molecule has 2 fully saturated rings. The van der Waals surface area contributed by atoms with E-state index < -0.39 is 0 Å². The fourth-order valence-corrected chi connectivity index (χ4v) is 4.94. The van der Waals surface area contributed by atoms with Crippen LogP contribution in [0.5, 0.6) is 0 Å². The van der Waals surface area contributed by atoms with Crippen LogP contribution in [0.15, 0.2) is 29.8 Å². The van der Waals surface area contributed by atoms with E-state index in [4.69, 9.17) is 23.2 Å². The lowest BCUT2D eigenvalue weighted by Crippen LogP contribution is -2.48. The van der Waals surface area contributed by atoms with Crippen LogP contribution in [0.25, 0.3) is 0 Å². The molecule has 1 aliphatic carbocycles. The molecule has 8 heteroatoms. The second-order valence-electron chi connectivity index (χ2n) is 7.54. The van der Waals surface area contributed by atoms with Crippen LogP contribution in [0, 0.1) is 5.92 Å². The minimum absolute atomic E-state index is 0.0331. The van der Waals surface area contributed by atoms with Crippen molar-refractivity contribution in [3.63, 3.8) is 0 Å². The van der Waals surface area contributed by atoms with Gasteiger partial charge in [0.05, 0.1) is 15.7 Å². The summed E-state index contributed by atoms with van der Waals surface area (Å²) in [4.78, 5) is 20.9. The Morgan fingerprint density at radius 1 is 1.21 bits per heavy atom. The van der Waals surface area contributed by atoms with Crippen LogP contribution in [0.1, 0.15) is 29.1 Å². The molecule has 1 aliphatic heterocycles. The summed E-state index contributed by atoms with van der Waals surface area (Å²) in [6.45, 7) is 5.14. The van der Waals surface area contributed by atoms with Crippen molar-refractivity contribution < 1.29 is 4.79 Å². The summed E-state index contributed by atoms with van der Waals surface area (Å²) >= 11 is 13.9. The minimum Gasteiger partial charge on any atom is -0.368 e. The van der Waals surface area contributed by atoms with Gasteiger partial charge in [0.25, 0.3) is 5.91 Å². The van der Waals surface area contributed by atoms with Crippen molar-refractivity contribution in [2.45, 2.75) is 25.3 Å². The lowest BCUT2D eigenvalue weighted by atomic mass is 9.78. The second kappa shape index (κ2) is 8.99. The number of hydrogen-bond acceptors (Lipinski definition) is 5. The van der Waals surface area contributed by atoms with E-state index >= 15 is 0 Å². The molecule has 0 atom stereocenters. The van der Waals surface area contributed by atoms with Crippen molar-refractivity contribution in [1.82, 2.24) is 15.2 Å². The molecule has 5 nitrogen and oxygen atoms in total. The number of nitrogens with zero attached hydrogens (tertiary/aromatic N) is 3. The van der Waals surface area contributed by atoms with Gasteiger partial charge in [-0.05, 0) is 43.9 Å². The molecule has 0 unspecified atom stereocenters. The third kappa shape index (κ3) is 4.62. The molecule has 0 radical (unpaired) electrons.